The molecule has 0 fully saturated rings. The molecule has 5 N–H and O–H groups in total. The number of aromatic nitrogens is 4. The highest BCUT2D eigenvalue weighted by atomic mass is 35.5. The van der Waals surface area contributed by atoms with E-state index in [4.69, 9.17) is 21.5 Å². The smallest absolute Gasteiger partial charge is 0.333 e. The van der Waals surface area contributed by atoms with Gasteiger partial charge >= 0.3 is 10.3 Å². The van der Waals surface area contributed by atoms with Crippen LogP contribution in [0.4, 0.5) is 11.5 Å². The largest absolute Gasteiger partial charge is 0.386 e. The molecule has 0 aliphatic heterocycles. The molecule has 162 valence electrons. The number of fused-ring (bicyclic) bond motifs is 1. The zero-order valence-corrected chi connectivity index (χ0v) is 17.2. The Kier molecular flexibility index (Phi) is 6.82. The van der Waals surface area contributed by atoms with Gasteiger partial charge in [0.15, 0.2) is 23.2 Å². The first-order chi connectivity index (χ1) is 14.2. The molecule has 0 aliphatic rings. The predicted octanol–water partition coefficient (Wildman–Crippen LogP) is 0.310. The summed E-state index contributed by atoms with van der Waals surface area (Å²) in [7, 11) is -3.03. The molecule has 0 bridgehead atoms. The summed E-state index contributed by atoms with van der Waals surface area (Å²) in [4.78, 5) is 12.4. The Morgan fingerprint density at radius 3 is 2.57 bits per heavy atom. The lowest BCUT2D eigenvalue weighted by Gasteiger charge is -2.25. The summed E-state index contributed by atoms with van der Waals surface area (Å²) >= 11 is 5.88. The number of hydrogen-bond acceptors (Lipinski definition) is 10. The van der Waals surface area contributed by atoms with Crippen LogP contribution in [0.15, 0.2) is 36.9 Å². The first-order valence-electron chi connectivity index (χ1n) is 8.46. The number of methoxy groups -OCH3 is 1. The fourth-order valence-electron chi connectivity index (χ4n) is 2.63. The number of anilines is 2. The standard InChI is InChI=1S/C16H19ClN6O6S/c1-28-11(6-29-30(18,26)27)13(24)16(25)23-8-21-12-14(19-7-20-15(12)23)22-10-4-2-9(17)3-5-10/h2-5,7-8,11,13,16,24-25H,6H2,1H3,(H2,18,26,27)(H,19,20,22)/t11-,13-,16-/m1/s1. The number of aliphatic hydroxyl groups excluding tert-OH is 2. The van der Waals surface area contributed by atoms with Crippen LogP contribution in [0.5, 0.6) is 0 Å². The van der Waals surface area contributed by atoms with E-state index in [9.17, 15) is 18.6 Å². The van der Waals surface area contributed by atoms with Gasteiger partial charge in [-0.15, -0.1) is 0 Å². The van der Waals surface area contributed by atoms with E-state index < -0.39 is 35.3 Å². The van der Waals surface area contributed by atoms with Crippen LogP contribution in [0.1, 0.15) is 6.23 Å². The first-order valence-corrected chi connectivity index (χ1v) is 10.3. The molecule has 0 saturated carbocycles. The number of halogens is 1. The summed E-state index contributed by atoms with van der Waals surface area (Å²) in [5.74, 6) is 0.364. The Morgan fingerprint density at radius 1 is 1.23 bits per heavy atom. The van der Waals surface area contributed by atoms with Crippen molar-refractivity contribution in [3.05, 3.63) is 41.9 Å². The van der Waals surface area contributed by atoms with Crippen molar-refractivity contribution in [2.75, 3.05) is 19.0 Å². The van der Waals surface area contributed by atoms with E-state index in [0.29, 0.717) is 22.0 Å². The van der Waals surface area contributed by atoms with Gasteiger partial charge in [-0.3, -0.25) is 8.75 Å². The quantitative estimate of drug-likeness (QED) is 0.349. The van der Waals surface area contributed by atoms with E-state index in [1.54, 1.807) is 24.3 Å². The van der Waals surface area contributed by atoms with Crippen molar-refractivity contribution in [1.29, 1.82) is 0 Å². The minimum Gasteiger partial charge on any atom is -0.386 e. The number of nitrogens with one attached hydrogen (secondary N) is 1. The molecule has 1 aromatic carbocycles. The second kappa shape index (κ2) is 9.18. The number of benzene rings is 1. The maximum Gasteiger partial charge on any atom is 0.333 e. The normalized spacial score (nSPS) is 15.1. The van der Waals surface area contributed by atoms with E-state index in [-0.39, 0.29) is 5.65 Å². The molecule has 0 spiro atoms. The van der Waals surface area contributed by atoms with Crippen LogP contribution in [0.25, 0.3) is 11.2 Å². The third-order valence-corrected chi connectivity index (χ3v) is 4.85. The summed E-state index contributed by atoms with van der Waals surface area (Å²) in [6.07, 6.45) is -1.85. The third kappa shape index (κ3) is 5.20. The lowest BCUT2D eigenvalue weighted by atomic mass is 10.2. The van der Waals surface area contributed by atoms with Gasteiger partial charge in [0.2, 0.25) is 0 Å². The number of nitrogens with zero attached hydrogens (tertiary/aromatic N) is 4. The van der Waals surface area contributed by atoms with Crippen molar-refractivity contribution in [1.82, 2.24) is 19.5 Å². The highest BCUT2D eigenvalue weighted by molar-refractivity contribution is 7.84. The van der Waals surface area contributed by atoms with Gasteiger partial charge in [-0.05, 0) is 24.3 Å². The van der Waals surface area contributed by atoms with Gasteiger partial charge in [0, 0.05) is 17.8 Å². The first kappa shape index (κ1) is 22.3. The second-order valence-corrected chi connectivity index (χ2v) is 7.79. The molecule has 3 atom stereocenters. The van der Waals surface area contributed by atoms with Gasteiger partial charge in [-0.1, -0.05) is 11.6 Å². The fourth-order valence-corrected chi connectivity index (χ4v) is 3.08. The molecular weight excluding hydrogens is 440 g/mol. The summed E-state index contributed by atoms with van der Waals surface area (Å²) in [6, 6.07) is 6.91. The SMILES string of the molecule is CO[C@H](COS(N)(=O)=O)[C@@H](O)[C@@H](O)n1cnc2c(Nc3ccc(Cl)cc3)ncnc21. The van der Waals surface area contributed by atoms with Crippen molar-refractivity contribution >= 4 is 44.6 Å². The molecule has 0 amide bonds. The van der Waals surface area contributed by atoms with Gasteiger partial charge in [0.25, 0.3) is 0 Å². The summed E-state index contributed by atoms with van der Waals surface area (Å²) in [5, 5.41) is 29.4. The monoisotopic (exact) mass is 458 g/mol. The maximum atomic E-state index is 11.0. The van der Waals surface area contributed by atoms with E-state index in [1.165, 1.54) is 24.3 Å². The van der Waals surface area contributed by atoms with Gasteiger partial charge in [0.05, 0.1) is 12.9 Å². The van der Waals surface area contributed by atoms with Crippen LogP contribution in [-0.4, -0.2) is 64.1 Å². The third-order valence-electron chi connectivity index (χ3n) is 4.14. The minimum absolute atomic E-state index is 0.218. The average Bonchev–Trinajstić information content (AvgIpc) is 3.13. The van der Waals surface area contributed by atoms with E-state index >= 15 is 0 Å². The lowest BCUT2D eigenvalue weighted by Crippen LogP contribution is -2.40. The van der Waals surface area contributed by atoms with Gasteiger partial charge in [-0.25, -0.2) is 20.1 Å². The molecule has 0 radical (unpaired) electrons. The van der Waals surface area contributed by atoms with Gasteiger partial charge in [-0.2, -0.15) is 8.42 Å². The number of rotatable bonds is 9. The van der Waals surface area contributed by atoms with Crippen LogP contribution >= 0.6 is 11.6 Å². The van der Waals surface area contributed by atoms with Crippen molar-refractivity contribution in [2.24, 2.45) is 5.14 Å². The maximum absolute atomic E-state index is 11.0. The van der Waals surface area contributed by atoms with Crippen molar-refractivity contribution < 1.29 is 27.6 Å². The molecule has 0 saturated heterocycles. The number of imidazole rings is 1. The summed E-state index contributed by atoms with van der Waals surface area (Å²) < 4.78 is 32.6. The van der Waals surface area contributed by atoms with Crippen molar-refractivity contribution in [3.8, 4) is 0 Å². The molecule has 12 nitrogen and oxygen atoms in total. The molecule has 3 rings (SSSR count). The Bertz CT molecular complexity index is 1110. The molecule has 0 aliphatic carbocycles. The topological polar surface area (TPSA) is 175 Å². The molecule has 14 heteroatoms. The number of ether oxygens (including phenoxy) is 1. The second-order valence-electron chi connectivity index (χ2n) is 6.13. The van der Waals surface area contributed by atoms with Crippen LogP contribution in [0, 0.1) is 0 Å². The Balaban J connectivity index is 1.84. The number of aliphatic hydroxyl groups is 2. The zero-order chi connectivity index (χ0) is 21.9. The lowest BCUT2D eigenvalue weighted by molar-refractivity contribution is -0.112. The number of hydrogen-bond donors (Lipinski definition) is 4. The van der Waals surface area contributed by atoms with Crippen molar-refractivity contribution in [3.63, 3.8) is 0 Å². The van der Waals surface area contributed by atoms with E-state index in [0.717, 1.165) is 0 Å². The average molecular weight is 459 g/mol. The molecular formula is C16H19ClN6O6S. The predicted molar refractivity (Wildman–Crippen MR) is 107 cm³/mol. The molecule has 30 heavy (non-hydrogen) atoms. The summed E-state index contributed by atoms with van der Waals surface area (Å²) in [6.45, 7) is -0.599. The van der Waals surface area contributed by atoms with Crippen LogP contribution in [0.2, 0.25) is 5.02 Å². The fraction of sp³-hybridized carbons (Fsp3) is 0.312. The molecule has 2 aromatic heterocycles. The van der Waals surface area contributed by atoms with Crippen LogP contribution in [-0.2, 0) is 19.2 Å². The molecule has 3 aromatic rings. The number of nitrogens with two attached hydrogens (primary N) is 1. The van der Waals surface area contributed by atoms with Crippen molar-refractivity contribution in [2.45, 2.75) is 18.4 Å². The highest BCUT2D eigenvalue weighted by Crippen LogP contribution is 2.25. The van der Waals surface area contributed by atoms with E-state index in [2.05, 4.69) is 24.5 Å². The van der Waals surface area contributed by atoms with Crippen LogP contribution in [0.3, 0.4) is 0 Å². The van der Waals surface area contributed by atoms with E-state index in [1.807, 2.05) is 0 Å². The zero-order valence-electron chi connectivity index (χ0n) is 15.6. The molecule has 2 heterocycles. The Hall–Kier alpha value is -2.39. The Morgan fingerprint density at radius 2 is 1.93 bits per heavy atom. The Labute approximate surface area is 176 Å². The summed E-state index contributed by atoms with van der Waals surface area (Å²) in [5.41, 5.74) is 1.25. The van der Waals surface area contributed by atoms with Gasteiger partial charge in [0.1, 0.15) is 18.5 Å². The minimum atomic E-state index is -4.24. The van der Waals surface area contributed by atoms with Gasteiger partial charge < -0.3 is 20.3 Å². The van der Waals surface area contributed by atoms with Crippen LogP contribution < -0.4 is 10.5 Å². The highest BCUT2D eigenvalue weighted by Gasteiger charge is 2.30. The molecule has 0 unspecified atom stereocenters.